The van der Waals surface area contributed by atoms with Crippen molar-refractivity contribution >= 4 is 23.7 Å². The number of imide groups is 1. The van der Waals surface area contributed by atoms with E-state index in [1.807, 2.05) is 6.92 Å². The first-order valence-electron chi connectivity index (χ1n) is 8.78. The van der Waals surface area contributed by atoms with Gasteiger partial charge < -0.3 is 14.8 Å². The van der Waals surface area contributed by atoms with Gasteiger partial charge in [-0.3, -0.25) is 19.3 Å². The molecule has 8 nitrogen and oxygen atoms in total. The Morgan fingerprint density at radius 2 is 1.93 bits per heavy atom. The molecule has 146 valence electrons. The van der Waals surface area contributed by atoms with E-state index in [4.69, 9.17) is 9.47 Å². The molecule has 1 atom stereocenters. The highest BCUT2D eigenvalue weighted by Crippen LogP contribution is 2.23. The maximum absolute atomic E-state index is 12.5. The van der Waals surface area contributed by atoms with E-state index in [9.17, 15) is 19.2 Å². The van der Waals surface area contributed by atoms with Crippen LogP contribution >= 0.6 is 0 Å². The normalized spacial score (nSPS) is 19.0. The highest BCUT2D eigenvalue weighted by molar-refractivity contribution is 6.08. The Labute approximate surface area is 157 Å². The van der Waals surface area contributed by atoms with E-state index in [0.29, 0.717) is 12.2 Å². The summed E-state index contributed by atoms with van der Waals surface area (Å²) in [6.45, 7) is 2.58. The Bertz CT molecular complexity index is 747. The molecule has 1 saturated heterocycles. The molecule has 0 radical (unpaired) electrons. The zero-order chi connectivity index (χ0) is 20.0. The Morgan fingerprint density at radius 1 is 1.22 bits per heavy atom. The Balaban J connectivity index is 1.93. The molecule has 1 aromatic rings. The number of methoxy groups -OCH3 is 1. The molecule has 3 amide bonds. The van der Waals surface area contributed by atoms with Crippen LogP contribution < -0.4 is 10.1 Å². The van der Waals surface area contributed by atoms with Crippen LogP contribution in [0.3, 0.4) is 0 Å². The minimum Gasteiger partial charge on any atom is -0.496 e. The number of urea groups is 1. The van der Waals surface area contributed by atoms with Crippen LogP contribution in [0.2, 0.25) is 0 Å². The molecule has 0 saturated carbocycles. The van der Waals surface area contributed by atoms with Gasteiger partial charge in [0.05, 0.1) is 12.7 Å². The summed E-state index contributed by atoms with van der Waals surface area (Å²) in [6, 6.07) is 5.94. The maximum atomic E-state index is 12.5. The number of nitrogens with one attached hydrogen (secondary N) is 1. The van der Waals surface area contributed by atoms with Crippen molar-refractivity contribution < 1.29 is 28.7 Å². The van der Waals surface area contributed by atoms with E-state index in [0.717, 1.165) is 17.7 Å². The second-order valence-corrected chi connectivity index (χ2v) is 6.54. The number of amides is 3. The molecule has 0 aromatic heterocycles. The minimum absolute atomic E-state index is 0.287. The fourth-order valence-electron chi connectivity index (χ4n) is 2.86. The third-order valence-electron chi connectivity index (χ3n) is 4.43. The number of nitrogens with zero attached hydrogens (tertiary/aromatic N) is 1. The van der Waals surface area contributed by atoms with Crippen molar-refractivity contribution in [1.82, 2.24) is 10.2 Å². The van der Waals surface area contributed by atoms with Gasteiger partial charge in [0.15, 0.2) is 6.61 Å². The zero-order valence-corrected chi connectivity index (χ0v) is 15.7. The standard InChI is InChI=1S/C19H24N2O6/c1-4-5-10-19(2)17(24)21(18(25)20-19)11-16(23)27-12-14(22)13-8-6-7-9-15(13)26-3/h6-9H,4-5,10-12H2,1-3H3,(H,20,25)/t19-/m1/s1. The number of hydrogen-bond donors (Lipinski definition) is 1. The van der Waals surface area contributed by atoms with E-state index in [1.165, 1.54) is 7.11 Å². The van der Waals surface area contributed by atoms with Gasteiger partial charge in [0.2, 0.25) is 5.78 Å². The van der Waals surface area contributed by atoms with Crippen LogP contribution in [-0.4, -0.2) is 54.4 Å². The summed E-state index contributed by atoms with van der Waals surface area (Å²) in [5.74, 6) is -1.36. The number of unbranched alkanes of at least 4 members (excludes halogenated alkanes) is 1. The largest absolute Gasteiger partial charge is 0.496 e. The first-order valence-corrected chi connectivity index (χ1v) is 8.78. The number of para-hydroxylation sites is 1. The lowest BCUT2D eigenvalue weighted by Gasteiger charge is -2.21. The zero-order valence-electron chi connectivity index (χ0n) is 15.7. The molecule has 0 aliphatic carbocycles. The molecule has 0 spiro atoms. The molecule has 0 bridgehead atoms. The van der Waals surface area contributed by atoms with Crippen LogP contribution in [0.25, 0.3) is 0 Å². The Morgan fingerprint density at radius 3 is 2.59 bits per heavy atom. The average molecular weight is 376 g/mol. The quantitative estimate of drug-likeness (QED) is 0.401. The monoisotopic (exact) mass is 376 g/mol. The smallest absolute Gasteiger partial charge is 0.326 e. The summed E-state index contributed by atoms with van der Waals surface area (Å²) >= 11 is 0. The summed E-state index contributed by atoms with van der Waals surface area (Å²) in [5, 5.41) is 2.62. The predicted molar refractivity (Wildman–Crippen MR) is 96.5 cm³/mol. The topological polar surface area (TPSA) is 102 Å². The molecule has 8 heteroatoms. The highest BCUT2D eigenvalue weighted by atomic mass is 16.5. The number of hydrogen-bond acceptors (Lipinski definition) is 6. The van der Waals surface area contributed by atoms with Crippen molar-refractivity contribution in [2.75, 3.05) is 20.3 Å². The van der Waals surface area contributed by atoms with E-state index in [2.05, 4.69) is 5.32 Å². The van der Waals surface area contributed by atoms with Crippen LogP contribution in [-0.2, 0) is 14.3 Å². The van der Waals surface area contributed by atoms with Gasteiger partial charge in [0.25, 0.3) is 5.91 Å². The highest BCUT2D eigenvalue weighted by Gasteiger charge is 2.47. The number of rotatable bonds is 9. The molecule has 0 unspecified atom stereocenters. The van der Waals surface area contributed by atoms with Crippen molar-refractivity contribution in [3.05, 3.63) is 29.8 Å². The van der Waals surface area contributed by atoms with Crippen LogP contribution in [0.4, 0.5) is 4.79 Å². The number of benzene rings is 1. The van der Waals surface area contributed by atoms with Gasteiger partial charge in [0, 0.05) is 0 Å². The van der Waals surface area contributed by atoms with Gasteiger partial charge in [-0.25, -0.2) is 4.79 Å². The second kappa shape index (κ2) is 8.66. The van der Waals surface area contributed by atoms with E-state index in [1.54, 1.807) is 31.2 Å². The molecule has 1 fully saturated rings. The van der Waals surface area contributed by atoms with Gasteiger partial charge in [-0.2, -0.15) is 0 Å². The van der Waals surface area contributed by atoms with Crippen molar-refractivity contribution in [2.45, 2.75) is 38.6 Å². The van der Waals surface area contributed by atoms with Crippen molar-refractivity contribution in [3.8, 4) is 5.75 Å². The number of ether oxygens (including phenoxy) is 2. The van der Waals surface area contributed by atoms with Crippen molar-refractivity contribution in [2.24, 2.45) is 0 Å². The lowest BCUT2D eigenvalue weighted by Crippen LogP contribution is -2.44. The van der Waals surface area contributed by atoms with Crippen molar-refractivity contribution in [3.63, 3.8) is 0 Å². The molecule has 1 N–H and O–H groups in total. The first-order chi connectivity index (χ1) is 12.8. The second-order valence-electron chi connectivity index (χ2n) is 6.54. The van der Waals surface area contributed by atoms with Crippen LogP contribution in [0.1, 0.15) is 43.5 Å². The van der Waals surface area contributed by atoms with E-state index >= 15 is 0 Å². The summed E-state index contributed by atoms with van der Waals surface area (Å²) in [5.41, 5.74) is -0.726. The van der Waals surface area contributed by atoms with Crippen LogP contribution in [0, 0.1) is 0 Å². The van der Waals surface area contributed by atoms with Gasteiger partial charge in [-0.15, -0.1) is 0 Å². The predicted octanol–water partition coefficient (Wildman–Crippen LogP) is 1.92. The first kappa shape index (κ1) is 20.4. The third-order valence-corrected chi connectivity index (χ3v) is 4.43. The van der Waals surface area contributed by atoms with E-state index in [-0.39, 0.29) is 5.56 Å². The van der Waals surface area contributed by atoms with Crippen molar-refractivity contribution in [1.29, 1.82) is 0 Å². The third kappa shape index (κ3) is 4.64. The molecule has 1 aliphatic rings. The van der Waals surface area contributed by atoms with Gasteiger partial charge in [-0.1, -0.05) is 31.9 Å². The molecular weight excluding hydrogens is 352 g/mol. The maximum Gasteiger partial charge on any atom is 0.326 e. The van der Waals surface area contributed by atoms with E-state index < -0.39 is 42.4 Å². The van der Waals surface area contributed by atoms with Gasteiger partial charge in [0.1, 0.15) is 17.8 Å². The fraction of sp³-hybridized carbons (Fsp3) is 0.474. The van der Waals surface area contributed by atoms with Gasteiger partial charge in [-0.05, 0) is 25.5 Å². The number of esters is 1. The summed E-state index contributed by atoms with van der Waals surface area (Å²) in [6.07, 6.45) is 2.14. The average Bonchev–Trinajstić information content (AvgIpc) is 2.87. The van der Waals surface area contributed by atoms with Crippen LogP contribution in [0.5, 0.6) is 5.75 Å². The molecule has 1 aromatic carbocycles. The summed E-state index contributed by atoms with van der Waals surface area (Å²) < 4.78 is 10.0. The summed E-state index contributed by atoms with van der Waals surface area (Å²) in [7, 11) is 1.44. The number of ketones is 1. The van der Waals surface area contributed by atoms with Gasteiger partial charge >= 0.3 is 12.0 Å². The number of carbonyl (C=O) groups is 4. The summed E-state index contributed by atoms with van der Waals surface area (Å²) in [4.78, 5) is 49.6. The van der Waals surface area contributed by atoms with Crippen LogP contribution in [0.15, 0.2) is 24.3 Å². The molecular formula is C19H24N2O6. The molecule has 1 aliphatic heterocycles. The Kier molecular flexibility index (Phi) is 6.55. The molecule has 27 heavy (non-hydrogen) atoms. The molecule has 2 rings (SSSR count). The lowest BCUT2D eigenvalue weighted by molar-refractivity contribution is -0.146. The number of Topliss-reactive ketones (excluding diaryl/α,β-unsaturated/α-hetero) is 1. The SMILES string of the molecule is CCCC[C@@]1(C)NC(=O)N(CC(=O)OCC(=O)c2ccccc2OC)C1=O. The lowest BCUT2D eigenvalue weighted by atomic mass is 9.95. The minimum atomic E-state index is -1.01. The number of carbonyl (C=O) groups excluding carboxylic acids is 4. The Hall–Kier alpha value is -2.90. The molecule has 1 heterocycles. The fourth-order valence-corrected chi connectivity index (χ4v) is 2.86.